The van der Waals surface area contributed by atoms with Crippen molar-refractivity contribution in [1.29, 1.82) is 0 Å². The standard InChI is InChI=1S/C13H19N/c1-13(2,3)14-12-7-5-4-6-11(12)10-8-9-10/h4-7,10,14H,8-9H2,1-3H3. The number of rotatable bonds is 2. The number of benzene rings is 1. The molecule has 1 heteroatoms. The highest BCUT2D eigenvalue weighted by atomic mass is 15.0. The van der Waals surface area contributed by atoms with Crippen LogP contribution in [0.4, 0.5) is 5.69 Å². The first-order valence-electron chi connectivity index (χ1n) is 5.43. The summed E-state index contributed by atoms with van der Waals surface area (Å²) in [6.45, 7) is 6.62. The van der Waals surface area contributed by atoms with Gasteiger partial charge in [0.15, 0.2) is 0 Å². The van der Waals surface area contributed by atoms with Crippen LogP contribution in [0.5, 0.6) is 0 Å². The van der Waals surface area contributed by atoms with Crippen LogP contribution in [-0.2, 0) is 0 Å². The molecule has 1 saturated carbocycles. The van der Waals surface area contributed by atoms with E-state index < -0.39 is 0 Å². The Kier molecular flexibility index (Phi) is 2.26. The molecule has 1 aromatic rings. The molecule has 1 aliphatic carbocycles. The zero-order chi connectivity index (χ0) is 10.2. The Balaban J connectivity index is 2.23. The van der Waals surface area contributed by atoms with Crippen LogP contribution in [-0.4, -0.2) is 5.54 Å². The summed E-state index contributed by atoms with van der Waals surface area (Å²) >= 11 is 0. The van der Waals surface area contributed by atoms with Gasteiger partial charge in [-0.2, -0.15) is 0 Å². The van der Waals surface area contributed by atoms with E-state index in [1.807, 2.05) is 0 Å². The molecule has 0 radical (unpaired) electrons. The number of nitrogens with one attached hydrogen (secondary N) is 1. The molecule has 0 saturated heterocycles. The Labute approximate surface area is 86.5 Å². The third-order valence-corrected chi connectivity index (χ3v) is 2.49. The summed E-state index contributed by atoms with van der Waals surface area (Å²) in [7, 11) is 0. The Morgan fingerprint density at radius 3 is 2.36 bits per heavy atom. The van der Waals surface area contributed by atoms with Crippen molar-refractivity contribution in [3.05, 3.63) is 29.8 Å². The molecule has 1 fully saturated rings. The fraction of sp³-hybridized carbons (Fsp3) is 0.538. The van der Waals surface area contributed by atoms with Gasteiger partial charge in [0, 0.05) is 11.2 Å². The van der Waals surface area contributed by atoms with Gasteiger partial charge in [-0.05, 0) is 51.2 Å². The summed E-state index contributed by atoms with van der Waals surface area (Å²) in [6.07, 6.45) is 2.73. The third-order valence-electron chi connectivity index (χ3n) is 2.49. The van der Waals surface area contributed by atoms with Crippen molar-refractivity contribution in [2.45, 2.75) is 45.1 Å². The van der Waals surface area contributed by atoms with Crippen LogP contribution in [0.15, 0.2) is 24.3 Å². The predicted molar refractivity (Wildman–Crippen MR) is 61.8 cm³/mol. The summed E-state index contributed by atoms with van der Waals surface area (Å²) in [5, 5.41) is 3.57. The minimum absolute atomic E-state index is 0.158. The SMILES string of the molecule is CC(C)(C)Nc1ccccc1C1CC1. The lowest BCUT2D eigenvalue weighted by molar-refractivity contribution is 0.633. The third kappa shape index (κ3) is 2.28. The van der Waals surface area contributed by atoms with Gasteiger partial charge in [0.1, 0.15) is 0 Å². The van der Waals surface area contributed by atoms with Crippen molar-refractivity contribution >= 4 is 5.69 Å². The van der Waals surface area contributed by atoms with Crippen LogP contribution in [0.1, 0.15) is 45.1 Å². The maximum atomic E-state index is 3.57. The largest absolute Gasteiger partial charge is 0.380 e. The van der Waals surface area contributed by atoms with Crippen LogP contribution in [0.3, 0.4) is 0 Å². The van der Waals surface area contributed by atoms with E-state index >= 15 is 0 Å². The van der Waals surface area contributed by atoms with Gasteiger partial charge >= 0.3 is 0 Å². The van der Waals surface area contributed by atoms with E-state index in [4.69, 9.17) is 0 Å². The lowest BCUT2D eigenvalue weighted by Gasteiger charge is -2.24. The molecule has 0 aromatic heterocycles. The van der Waals surface area contributed by atoms with E-state index in [0.29, 0.717) is 0 Å². The molecule has 0 spiro atoms. The lowest BCUT2D eigenvalue weighted by atomic mass is 10.0. The van der Waals surface area contributed by atoms with Gasteiger partial charge in [0.25, 0.3) is 0 Å². The van der Waals surface area contributed by atoms with Gasteiger partial charge in [0.2, 0.25) is 0 Å². The summed E-state index contributed by atoms with van der Waals surface area (Å²) in [5.41, 5.74) is 2.98. The smallest absolute Gasteiger partial charge is 0.0379 e. The maximum Gasteiger partial charge on any atom is 0.0379 e. The van der Waals surface area contributed by atoms with E-state index in [2.05, 4.69) is 50.4 Å². The van der Waals surface area contributed by atoms with E-state index in [1.54, 1.807) is 0 Å². The Bertz CT molecular complexity index is 318. The van der Waals surface area contributed by atoms with Crippen LogP contribution in [0, 0.1) is 0 Å². The molecule has 2 rings (SSSR count). The van der Waals surface area contributed by atoms with Crippen LogP contribution >= 0.6 is 0 Å². The molecule has 0 unspecified atom stereocenters. The molecular weight excluding hydrogens is 170 g/mol. The number of para-hydroxylation sites is 1. The molecule has 0 heterocycles. The number of hydrogen-bond acceptors (Lipinski definition) is 1. The summed E-state index contributed by atoms with van der Waals surface area (Å²) in [5.74, 6) is 0.820. The zero-order valence-corrected chi connectivity index (χ0v) is 9.30. The van der Waals surface area contributed by atoms with Gasteiger partial charge in [-0.1, -0.05) is 18.2 Å². The number of hydrogen-bond donors (Lipinski definition) is 1. The first-order valence-corrected chi connectivity index (χ1v) is 5.43. The minimum Gasteiger partial charge on any atom is -0.380 e. The summed E-state index contributed by atoms with van der Waals surface area (Å²) in [6, 6.07) is 8.70. The van der Waals surface area contributed by atoms with Crippen molar-refractivity contribution in [3.8, 4) is 0 Å². The molecule has 1 nitrogen and oxygen atoms in total. The highest BCUT2D eigenvalue weighted by Gasteiger charge is 2.26. The van der Waals surface area contributed by atoms with Crippen LogP contribution in [0.25, 0.3) is 0 Å². The van der Waals surface area contributed by atoms with E-state index in [0.717, 1.165) is 5.92 Å². The molecule has 0 atom stereocenters. The highest BCUT2D eigenvalue weighted by molar-refractivity contribution is 5.55. The van der Waals surface area contributed by atoms with Crippen molar-refractivity contribution < 1.29 is 0 Å². The van der Waals surface area contributed by atoms with Crippen molar-refractivity contribution in [1.82, 2.24) is 0 Å². The average Bonchev–Trinajstić information content (AvgIpc) is 2.85. The van der Waals surface area contributed by atoms with Crippen LogP contribution in [0.2, 0.25) is 0 Å². The summed E-state index contributed by atoms with van der Waals surface area (Å²) < 4.78 is 0. The quantitative estimate of drug-likeness (QED) is 0.746. The fourth-order valence-corrected chi connectivity index (χ4v) is 1.77. The number of anilines is 1. The van der Waals surface area contributed by atoms with Gasteiger partial charge in [0.05, 0.1) is 0 Å². The first-order chi connectivity index (χ1) is 6.56. The van der Waals surface area contributed by atoms with Crippen molar-refractivity contribution in [2.75, 3.05) is 5.32 Å². The van der Waals surface area contributed by atoms with Gasteiger partial charge in [-0.3, -0.25) is 0 Å². The molecule has 0 amide bonds. The lowest BCUT2D eigenvalue weighted by Crippen LogP contribution is -2.26. The van der Waals surface area contributed by atoms with E-state index in [1.165, 1.54) is 24.1 Å². The summed E-state index contributed by atoms with van der Waals surface area (Å²) in [4.78, 5) is 0. The van der Waals surface area contributed by atoms with E-state index in [-0.39, 0.29) is 5.54 Å². The second-order valence-electron chi connectivity index (χ2n) is 5.24. The van der Waals surface area contributed by atoms with Crippen molar-refractivity contribution in [3.63, 3.8) is 0 Å². The average molecular weight is 189 g/mol. The maximum absolute atomic E-state index is 3.57. The normalized spacial score (nSPS) is 16.8. The molecule has 14 heavy (non-hydrogen) atoms. The van der Waals surface area contributed by atoms with E-state index in [9.17, 15) is 0 Å². The monoisotopic (exact) mass is 189 g/mol. The Hall–Kier alpha value is -0.980. The second kappa shape index (κ2) is 3.30. The topological polar surface area (TPSA) is 12.0 Å². The molecule has 0 bridgehead atoms. The molecule has 76 valence electrons. The van der Waals surface area contributed by atoms with Crippen molar-refractivity contribution in [2.24, 2.45) is 0 Å². The minimum atomic E-state index is 0.158. The molecular formula is C13H19N. The molecule has 0 aliphatic heterocycles. The predicted octanol–water partition coefficient (Wildman–Crippen LogP) is 3.77. The zero-order valence-electron chi connectivity index (χ0n) is 9.30. The molecule has 1 aliphatic rings. The Morgan fingerprint density at radius 1 is 1.14 bits per heavy atom. The molecule has 1 aromatic carbocycles. The first kappa shape index (κ1) is 9.57. The second-order valence-corrected chi connectivity index (χ2v) is 5.24. The van der Waals surface area contributed by atoms with Crippen LogP contribution < -0.4 is 5.32 Å². The molecule has 1 N–H and O–H groups in total. The van der Waals surface area contributed by atoms with Gasteiger partial charge in [-0.25, -0.2) is 0 Å². The van der Waals surface area contributed by atoms with Gasteiger partial charge < -0.3 is 5.32 Å². The fourth-order valence-electron chi connectivity index (χ4n) is 1.77. The Morgan fingerprint density at radius 2 is 1.79 bits per heavy atom. The van der Waals surface area contributed by atoms with Gasteiger partial charge in [-0.15, -0.1) is 0 Å². The highest BCUT2D eigenvalue weighted by Crippen LogP contribution is 2.43.